The number of carbonyl (C=O) groups is 1. The number of hydrogen-bond acceptors (Lipinski definition) is 3. The summed E-state index contributed by atoms with van der Waals surface area (Å²) in [6, 6.07) is 0. The Kier molecular flexibility index (Phi) is 22.8. The number of unbranched alkanes of at least 4 members (excludes halogenated alkanes) is 12. The molecule has 0 saturated heterocycles. The predicted molar refractivity (Wildman–Crippen MR) is 124 cm³/mol. The normalized spacial score (nSPS) is 11.1. The summed E-state index contributed by atoms with van der Waals surface area (Å²) in [7, 11) is 0. The quantitative estimate of drug-likeness (QED) is 0.0969. The van der Waals surface area contributed by atoms with Gasteiger partial charge in [0.05, 0.1) is 13.2 Å². The zero-order chi connectivity index (χ0) is 20.7. The molecule has 0 saturated carbocycles. The molecular formula is C24H47BrO3. The van der Waals surface area contributed by atoms with E-state index >= 15 is 0 Å². The highest BCUT2D eigenvalue weighted by molar-refractivity contribution is 9.09. The highest BCUT2D eigenvalue weighted by atomic mass is 79.9. The lowest BCUT2D eigenvalue weighted by Crippen LogP contribution is -2.16. The second-order valence-electron chi connectivity index (χ2n) is 8.14. The van der Waals surface area contributed by atoms with Crippen molar-refractivity contribution in [1.29, 1.82) is 0 Å². The maximum Gasteiger partial charge on any atom is 0.508 e. The number of halogens is 1. The van der Waals surface area contributed by atoms with Crippen LogP contribution in [0.1, 0.15) is 123 Å². The van der Waals surface area contributed by atoms with Crippen molar-refractivity contribution in [2.24, 2.45) is 5.92 Å². The topological polar surface area (TPSA) is 35.5 Å². The van der Waals surface area contributed by atoms with Gasteiger partial charge >= 0.3 is 6.16 Å². The molecule has 0 aromatic rings. The average Bonchev–Trinajstić information content (AvgIpc) is 2.70. The molecule has 28 heavy (non-hydrogen) atoms. The molecule has 0 atom stereocenters. The minimum Gasteiger partial charge on any atom is -0.434 e. The zero-order valence-electron chi connectivity index (χ0n) is 18.8. The largest absolute Gasteiger partial charge is 0.508 e. The zero-order valence-corrected chi connectivity index (χ0v) is 20.4. The number of carbonyl (C=O) groups excluding carboxylic acids is 1. The highest BCUT2D eigenvalue weighted by Gasteiger charge is 2.13. The fourth-order valence-corrected chi connectivity index (χ4v) is 3.89. The number of rotatable bonds is 21. The molecule has 168 valence electrons. The summed E-state index contributed by atoms with van der Waals surface area (Å²) >= 11 is 3.41. The van der Waals surface area contributed by atoms with Gasteiger partial charge in [-0.05, 0) is 38.0 Å². The molecule has 0 N–H and O–H groups in total. The maximum atomic E-state index is 11.8. The van der Waals surface area contributed by atoms with Crippen molar-refractivity contribution in [2.75, 3.05) is 18.5 Å². The Morgan fingerprint density at radius 1 is 0.679 bits per heavy atom. The number of hydrogen-bond donors (Lipinski definition) is 0. The van der Waals surface area contributed by atoms with Gasteiger partial charge in [-0.15, -0.1) is 0 Å². The van der Waals surface area contributed by atoms with Crippen LogP contribution in [-0.4, -0.2) is 24.7 Å². The molecule has 0 bridgehead atoms. The van der Waals surface area contributed by atoms with E-state index in [0.29, 0.717) is 19.1 Å². The Hall–Kier alpha value is -0.250. The van der Waals surface area contributed by atoms with Crippen LogP contribution in [-0.2, 0) is 9.47 Å². The number of alkyl halides is 1. The van der Waals surface area contributed by atoms with Gasteiger partial charge in [0.25, 0.3) is 0 Å². The standard InChI is InChI=1S/C24H47BrO3/c1-3-5-7-9-11-14-18-23(19-15-12-10-8-6-4-2)22-28-24(26)27-21-17-13-16-20-25/h23H,3-22H2,1-2H3. The summed E-state index contributed by atoms with van der Waals surface area (Å²) in [6.07, 6.45) is 20.8. The highest BCUT2D eigenvalue weighted by Crippen LogP contribution is 2.20. The Bertz CT molecular complexity index is 307. The van der Waals surface area contributed by atoms with Crippen LogP contribution in [0.4, 0.5) is 4.79 Å². The smallest absolute Gasteiger partial charge is 0.434 e. The van der Waals surface area contributed by atoms with E-state index in [9.17, 15) is 4.79 Å². The maximum absolute atomic E-state index is 11.8. The first-order valence-corrected chi connectivity index (χ1v) is 13.2. The monoisotopic (exact) mass is 462 g/mol. The summed E-state index contributed by atoms with van der Waals surface area (Å²) in [5, 5.41) is 1.01. The van der Waals surface area contributed by atoms with Gasteiger partial charge in [0.2, 0.25) is 0 Å². The summed E-state index contributed by atoms with van der Waals surface area (Å²) in [6.45, 7) is 5.53. The second kappa shape index (κ2) is 23.0. The first-order chi connectivity index (χ1) is 13.7. The summed E-state index contributed by atoms with van der Waals surface area (Å²) < 4.78 is 10.6. The molecule has 0 spiro atoms. The van der Waals surface area contributed by atoms with Crippen LogP contribution in [0.5, 0.6) is 0 Å². The van der Waals surface area contributed by atoms with Gasteiger partial charge in [0, 0.05) is 5.33 Å². The second-order valence-corrected chi connectivity index (χ2v) is 8.93. The van der Waals surface area contributed by atoms with E-state index in [4.69, 9.17) is 9.47 Å². The van der Waals surface area contributed by atoms with Crippen molar-refractivity contribution in [2.45, 2.75) is 123 Å². The van der Waals surface area contributed by atoms with Gasteiger partial charge in [-0.1, -0.05) is 107 Å². The van der Waals surface area contributed by atoms with Gasteiger partial charge in [0.1, 0.15) is 0 Å². The lowest BCUT2D eigenvalue weighted by atomic mass is 9.95. The lowest BCUT2D eigenvalue weighted by Gasteiger charge is -2.17. The Morgan fingerprint density at radius 3 is 1.71 bits per heavy atom. The Balaban J connectivity index is 3.97. The molecule has 0 radical (unpaired) electrons. The van der Waals surface area contributed by atoms with Gasteiger partial charge in [0.15, 0.2) is 0 Å². The summed E-state index contributed by atoms with van der Waals surface area (Å²) in [4.78, 5) is 11.8. The van der Waals surface area contributed by atoms with Crippen LogP contribution in [0, 0.1) is 5.92 Å². The van der Waals surface area contributed by atoms with Gasteiger partial charge in [-0.3, -0.25) is 0 Å². The predicted octanol–water partition coefficient (Wildman–Crippen LogP) is 8.82. The van der Waals surface area contributed by atoms with E-state index in [-0.39, 0.29) is 0 Å². The van der Waals surface area contributed by atoms with Crippen LogP contribution in [0.3, 0.4) is 0 Å². The molecule has 0 aromatic carbocycles. The minimum absolute atomic E-state index is 0.477. The van der Waals surface area contributed by atoms with E-state index in [0.717, 1.165) is 24.6 Å². The van der Waals surface area contributed by atoms with Crippen LogP contribution in [0.15, 0.2) is 0 Å². The molecule has 0 aromatic heterocycles. The minimum atomic E-state index is -0.477. The van der Waals surface area contributed by atoms with Crippen molar-refractivity contribution in [3.8, 4) is 0 Å². The van der Waals surface area contributed by atoms with Crippen LogP contribution < -0.4 is 0 Å². The molecular weight excluding hydrogens is 416 g/mol. The fraction of sp³-hybridized carbons (Fsp3) is 0.958. The van der Waals surface area contributed by atoms with Crippen molar-refractivity contribution in [1.82, 2.24) is 0 Å². The SMILES string of the molecule is CCCCCCCCC(CCCCCCCC)COC(=O)OCCCCCBr. The first kappa shape index (κ1) is 27.8. The van der Waals surface area contributed by atoms with E-state index < -0.39 is 6.16 Å². The summed E-state index contributed by atoms with van der Waals surface area (Å²) in [5.41, 5.74) is 0. The molecule has 0 aliphatic heterocycles. The van der Waals surface area contributed by atoms with Gasteiger partial charge in [-0.2, -0.15) is 0 Å². The third-order valence-corrected chi connectivity index (χ3v) is 5.93. The van der Waals surface area contributed by atoms with Crippen LogP contribution in [0.25, 0.3) is 0 Å². The molecule has 0 amide bonds. The molecule has 0 fully saturated rings. The lowest BCUT2D eigenvalue weighted by molar-refractivity contribution is 0.0407. The average molecular weight is 464 g/mol. The summed E-state index contributed by atoms with van der Waals surface area (Å²) in [5.74, 6) is 0.498. The third-order valence-electron chi connectivity index (χ3n) is 5.37. The van der Waals surface area contributed by atoms with Crippen molar-refractivity contribution < 1.29 is 14.3 Å². The molecule has 0 aliphatic rings. The Labute approximate surface area is 183 Å². The molecule has 0 unspecified atom stereocenters. The van der Waals surface area contributed by atoms with Crippen LogP contribution in [0.2, 0.25) is 0 Å². The van der Waals surface area contributed by atoms with E-state index in [1.54, 1.807) is 0 Å². The molecule has 0 heterocycles. The van der Waals surface area contributed by atoms with Crippen LogP contribution >= 0.6 is 15.9 Å². The first-order valence-electron chi connectivity index (χ1n) is 12.1. The van der Waals surface area contributed by atoms with Crippen molar-refractivity contribution in [3.05, 3.63) is 0 Å². The van der Waals surface area contributed by atoms with Gasteiger partial charge in [-0.25, -0.2) is 4.79 Å². The molecule has 4 heteroatoms. The van der Waals surface area contributed by atoms with Crippen molar-refractivity contribution >= 4 is 22.1 Å². The van der Waals surface area contributed by atoms with Gasteiger partial charge < -0.3 is 9.47 Å². The van der Waals surface area contributed by atoms with E-state index in [2.05, 4.69) is 29.8 Å². The fourth-order valence-electron chi connectivity index (χ4n) is 3.49. The molecule has 0 aliphatic carbocycles. The van der Waals surface area contributed by atoms with E-state index in [1.807, 2.05) is 0 Å². The number of ether oxygens (including phenoxy) is 2. The third kappa shape index (κ3) is 20.5. The Morgan fingerprint density at radius 2 is 1.18 bits per heavy atom. The molecule has 3 nitrogen and oxygen atoms in total. The van der Waals surface area contributed by atoms with Crippen molar-refractivity contribution in [3.63, 3.8) is 0 Å². The van der Waals surface area contributed by atoms with E-state index in [1.165, 1.54) is 89.9 Å². The molecule has 0 rings (SSSR count).